The first-order valence-electron chi connectivity index (χ1n) is 6.62. The molecule has 0 aromatic heterocycles. The molecule has 0 bridgehead atoms. The molecular weight excluding hydrogens is 380 g/mol. The van der Waals surface area contributed by atoms with Gasteiger partial charge < -0.3 is 0 Å². The summed E-state index contributed by atoms with van der Waals surface area (Å²) in [7, 11) is 0. The predicted molar refractivity (Wildman–Crippen MR) is 88.2 cm³/mol. The van der Waals surface area contributed by atoms with E-state index in [4.69, 9.17) is 0 Å². The standard InChI is InChI=1S/C17H14Br2O/c1-10-7-16(19)14(9-15(10)18)17(20)13-8-12(13)11-5-3-2-4-6-11/h2-7,9,12-13H,8H2,1H3. The van der Waals surface area contributed by atoms with Crippen molar-refractivity contribution in [1.82, 2.24) is 0 Å². The number of hydrogen-bond donors (Lipinski definition) is 0. The second-order valence-electron chi connectivity index (χ2n) is 5.30. The number of halogens is 2. The molecule has 0 N–H and O–H groups in total. The predicted octanol–water partition coefficient (Wildman–Crippen LogP) is 5.51. The van der Waals surface area contributed by atoms with Crippen molar-refractivity contribution in [3.8, 4) is 0 Å². The Morgan fingerprint density at radius 1 is 1.10 bits per heavy atom. The molecule has 1 aliphatic rings. The number of rotatable bonds is 3. The van der Waals surface area contributed by atoms with Crippen LogP contribution in [0.3, 0.4) is 0 Å². The normalized spacial score (nSPS) is 20.8. The third kappa shape index (κ3) is 2.61. The van der Waals surface area contributed by atoms with Crippen LogP contribution in [0.5, 0.6) is 0 Å². The molecular formula is C17H14Br2O. The third-order valence-corrected chi connectivity index (χ3v) is 5.38. The van der Waals surface area contributed by atoms with E-state index in [1.54, 1.807) is 0 Å². The Hall–Kier alpha value is -0.930. The zero-order chi connectivity index (χ0) is 14.3. The van der Waals surface area contributed by atoms with Crippen LogP contribution in [0, 0.1) is 12.8 Å². The van der Waals surface area contributed by atoms with Crippen LogP contribution < -0.4 is 0 Å². The van der Waals surface area contributed by atoms with E-state index in [2.05, 4.69) is 44.0 Å². The van der Waals surface area contributed by atoms with Gasteiger partial charge in [-0.15, -0.1) is 0 Å². The first kappa shape index (κ1) is 14.0. The topological polar surface area (TPSA) is 17.1 Å². The molecule has 1 nitrogen and oxygen atoms in total. The van der Waals surface area contributed by atoms with Gasteiger partial charge in [-0.25, -0.2) is 0 Å². The van der Waals surface area contributed by atoms with Gasteiger partial charge in [0.05, 0.1) is 0 Å². The molecule has 2 aromatic carbocycles. The molecule has 0 spiro atoms. The highest BCUT2D eigenvalue weighted by Crippen LogP contribution is 2.49. The Morgan fingerprint density at radius 2 is 1.80 bits per heavy atom. The molecule has 3 heteroatoms. The number of Topliss-reactive ketones (excluding diaryl/α,β-unsaturated/α-hetero) is 1. The summed E-state index contributed by atoms with van der Waals surface area (Å²) in [5.41, 5.74) is 3.18. The van der Waals surface area contributed by atoms with Gasteiger partial charge >= 0.3 is 0 Å². The lowest BCUT2D eigenvalue weighted by molar-refractivity contribution is 0.0964. The van der Waals surface area contributed by atoms with E-state index in [9.17, 15) is 4.79 Å². The van der Waals surface area contributed by atoms with Crippen molar-refractivity contribution in [2.75, 3.05) is 0 Å². The molecule has 3 rings (SSSR count). The molecule has 102 valence electrons. The molecule has 0 saturated heterocycles. The molecule has 0 radical (unpaired) electrons. The van der Waals surface area contributed by atoms with Gasteiger partial charge in [0.2, 0.25) is 0 Å². The summed E-state index contributed by atoms with van der Waals surface area (Å²) in [6, 6.07) is 14.2. The molecule has 0 aliphatic heterocycles. The van der Waals surface area contributed by atoms with Crippen LogP contribution in [0.15, 0.2) is 51.4 Å². The Kier molecular flexibility index (Phi) is 3.83. The molecule has 1 saturated carbocycles. The minimum absolute atomic E-state index is 0.128. The molecule has 0 heterocycles. The first-order valence-corrected chi connectivity index (χ1v) is 8.21. The average Bonchev–Trinajstić information content (AvgIpc) is 3.23. The van der Waals surface area contributed by atoms with E-state index in [0.717, 1.165) is 26.5 Å². The number of aryl methyl sites for hydroxylation is 1. The monoisotopic (exact) mass is 392 g/mol. The van der Waals surface area contributed by atoms with E-state index in [-0.39, 0.29) is 11.7 Å². The van der Waals surface area contributed by atoms with Crippen molar-refractivity contribution >= 4 is 37.6 Å². The maximum atomic E-state index is 12.6. The number of carbonyl (C=O) groups is 1. The largest absolute Gasteiger partial charge is 0.294 e. The van der Waals surface area contributed by atoms with E-state index in [0.29, 0.717) is 5.92 Å². The Labute approximate surface area is 135 Å². The fourth-order valence-corrected chi connectivity index (χ4v) is 3.58. The molecule has 2 aromatic rings. The average molecular weight is 394 g/mol. The van der Waals surface area contributed by atoms with Gasteiger partial charge in [0.1, 0.15) is 0 Å². The minimum atomic E-state index is 0.128. The van der Waals surface area contributed by atoms with E-state index in [1.807, 2.05) is 37.3 Å². The van der Waals surface area contributed by atoms with Crippen LogP contribution in [0.25, 0.3) is 0 Å². The maximum absolute atomic E-state index is 12.6. The van der Waals surface area contributed by atoms with Crippen molar-refractivity contribution in [2.45, 2.75) is 19.3 Å². The second kappa shape index (κ2) is 5.45. The lowest BCUT2D eigenvalue weighted by Gasteiger charge is -2.07. The minimum Gasteiger partial charge on any atom is -0.294 e. The zero-order valence-corrected chi connectivity index (χ0v) is 14.2. The maximum Gasteiger partial charge on any atom is 0.167 e. The van der Waals surface area contributed by atoms with Crippen molar-refractivity contribution in [3.05, 3.63) is 68.1 Å². The van der Waals surface area contributed by atoms with Crippen LogP contribution >= 0.6 is 31.9 Å². The summed E-state index contributed by atoms with van der Waals surface area (Å²) in [5, 5.41) is 0. The summed E-state index contributed by atoms with van der Waals surface area (Å²) >= 11 is 7.02. The van der Waals surface area contributed by atoms with Crippen LogP contribution in [-0.2, 0) is 0 Å². The lowest BCUT2D eigenvalue weighted by atomic mass is 10.0. The van der Waals surface area contributed by atoms with E-state index < -0.39 is 0 Å². The summed E-state index contributed by atoms with van der Waals surface area (Å²) in [4.78, 5) is 12.6. The molecule has 1 fully saturated rings. The zero-order valence-electron chi connectivity index (χ0n) is 11.1. The number of benzene rings is 2. The van der Waals surface area contributed by atoms with Crippen LogP contribution in [0.2, 0.25) is 0 Å². The Bertz CT molecular complexity index is 664. The fraction of sp³-hybridized carbons (Fsp3) is 0.235. The molecule has 2 atom stereocenters. The third-order valence-electron chi connectivity index (χ3n) is 3.87. The van der Waals surface area contributed by atoms with Gasteiger partial charge in [-0.2, -0.15) is 0 Å². The van der Waals surface area contributed by atoms with Gasteiger partial charge in [0.25, 0.3) is 0 Å². The van der Waals surface area contributed by atoms with Gasteiger partial charge in [-0.3, -0.25) is 4.79 Å². The van der Waals surface area contributed by atoms with E-state index >= 15 is 0 Å². The van der Waals surface area contributed by atoms with Gasteiger partial charge in [0, 0.05) is 20.4 Å². The smallest absolute Gasteiger partial charge is 0.167 e. The first-order chi connectivity index (χ1) is 9.58. The van der Waals surface area contributed by atoms with Crippen LogP contribution in [0.1, 0.15) is 33.8 Å². The van der Waals surface area contributed by atoms with Crippen molar-refractivity contribution < 1.29 is 4.79 Å². The second-order valence-corrected chi connectivity index (χ2v) is 7.01. The van der Waals surface area contributed by atoms with Crippen LogP contribution in [0.4, 0.5) is 0 Å². The summed E-state index contributed by atoms with van der Waals surface area (Å²) in [6.07, 6.45) is 0.959. The molecule has 2 unspecified atom stereocenters. The highest BCUT2D eigenvalue weighted by molar-refractivity contribution is 9.11. The quantitative estimate of drug-likeness (QED) is 0.628. The number of carbonyl (C=O) groups excluding carboxylic acids is 1. The summed E-state index contributed by atoms with van der Waals surface area (Å²) < 4.78 is 1.88. The highest BCUT2D eigenvalue weighted by atomic mass is 79.9. The molecule has 1 aliphatic carbocycles. The summed E-state index contributed by atoms with van der Waals surface area (Å²) in [6.45, 7) is 2.02. The van der Waals surface area contributed by atoms with Gasteiger partial charge in [0.15, 0.2) is 5.78 Å². The SMILES string of the molecule is Cc1cc(Br)c(C(=O)C2CC2c2ccccc2)cc1Br. The fourth-order valence-electron chi connectivity index (χ4n) is 2.59. The number of hydrogen-bond acceptors (Lipinski definition) is 1. The lowest BCUT2D eigenvalue weighted by Crippen LogP contribution is -2.05. The van der Waals surface area contributed by atoms with Crippen molar-refractivity contribution in [2.24, 2.45) is 5.92 Å². The van der Waals surface area contributed by atoms with Crippen molar-refractivity contribution in [3.63, 3.8) is 0 Å². The summed E-state index contributed by atoms with van der Waals surface area (Å²) in [5.74, 6) is 0.755. The van der Waals surface area contributed by atoms with E-state index in [1.165, 1.54) is 5.56 Å². The Balaban J connectivity index is 1.84. The van der Waals surface area contributed by atoms with Crippen LogP contribution in [-0.4, -0.2) is 5.78 Å². The van der Waals surface area contributed by atoms with Gasteiger partial charge in [-0.1, -0.05) is 62.2 Å². The van der Waals surface area contributed by atoms with Gasteiger partial charge in [-0.05, 0) is 42.5 Å². The molecule has 0 amide bonds. The Morgan fingerprint density at radius 3 is 2.50 bits per heavy atom. The number of ketones is 1. The highest BCUT2D eigenvalue weighted by Gasteiger charge is 2.44. The van der Waals surface area contributed by atoms with Crippen molar-refractivity contribution in [1.29, 1.82) is 0 Å². The molecule has 20 heavy (non-hydrogen) atoms.